The molecule has 0 spiro atoms. The molecule has 6 heteroatoms. The van der Waals surface area contributed by atoms with E-state index in [1.165, 1.54) is 12.1 Å². The highest BCUT2D eigenvalue weighted by Crippen LogP contribution is 2.26. The minimum atomic E-state index is -3.50. The van der Waals surface area contributed by atoms with Gasteiger partial charge in [-0.05, 0) is 63.3 Å². The maximum Gasteiger partial charge on any atom is 0.251 e. The molecule has 134 valence electrons. The van der Waals surface area contributed by atoms with Crippen molar-refractivity contribution < 1.29 is 13.2 Å². The van der Waals surface area contributed by atoms with Gasteiger partial charge in [0.2, 0.25) is 10.0 Å². The van der Waals surface area contributed by atoms with Crippen molar-refractivity contribution in [3.05, 3.63) is 29.8 Å². The predicted octanol–water partition coefficient (Wildman–Crippen LogP) is 2.88. The van der Waals surface area contributed by atoms with Gasteiger partial charge in [0.05, 0.1) is 4.90 Å². The third-order valence-corrected chi connectivity index (χ3v) is 5.92. The maximum absolute atomic E-state index is 12.8. The summed E-state index contributed by atoms with van der Waals surface area (Å²) in [5, 5.41) is 2.87. The second kappa shape index (κ2) is 6.84. The Hall–Kier alpha value is -1.40. The molecule has 0 unspecified atom stereocenters. The molecule has 0 aromatic heterocycles. The van der Waals surface area contributed by atoms with Gasteiger partial charge in [-0.15, -0.1) is 0 Å². The average molecular weight is 353 g/mol. The molecule has 0 radical (unpaired) electrons. The Kier molecular flexibility index (Phi) is 5.40. The number of benzene rings is 1. The fourth-order valence-electron chi connectivity index (χ4n) is 3.14. The van der Waals surface area contributed by atoms with Gasteiger partial charge in [0.15, 0.2) is 0 Å². The molecule has 1 aliphatic heterocycles. The van der Waals surface area contributed by atoms with Crippen molar-refractivity contribution in [2.45, 2.75) is 51.5 Å². The Morgan fingerprint density at radius 2 is 1.58 bits per heavy atom. The van der Waals surface area contributed by atoms with Crippen molar-refractivity contribution in [3.8, 4) is 0 Å². The molecule has 1 N–H and O–H groups in total. The molecule has 1 fully saturated rings. The monoisotopic (exact) mass is 352 g/mol. The number of rotatable bonds is 3. The first kappa shape index (κ1) is 18.9. The van der Waals surface area contributed by atoms with Crippen LogP contribution < -0.4 is 5.32 Å². The SMILES string of the molecule is C[C@H]1C[C@H](C)CN(S(=O)(=O)c2ccc(C(=O)NC(C)(C)C)cc2)C1. The third-order valence-electron chi connectivity index (χ3n) is 4.08. The van der Waals surface area contributed by atoms with Crippen LogP contribution in [0.4, 0.5) is 0 Å². The van der Waals surface area contributed by atoms with Gasteiger partial charge < -0.3 is 5.32 Å². The minimum Gasteiger partial charge on any atom is -0.347 e. The van der Waals surface area contributed by atoms with Gasteiger partial charge >= 0.3 is 0 Å². The normalized spacial score (nSPS) is 23.0. The molecule has 1 aliphatic rings. The van der Waals surface area contributed by atoms with Gasteiger partial charge in [-0.25, -0.2) is 8.42 Å². The molecule has 2 atom stereocenters. The van der Waals surface area contributed by atoms with E-state index in [1.807, 2.05) is 20.8 Å². The number of piperidine rings is 1. The van der Waals surface area contributed by atoms with Crippen LogP contribution in [0.15, 0.2) is 29.2 Å². The molecule has 0 bridgehead atoms. The van der Waals surface area contributed by atoms with Crippen LogP contribution in [0.3, 0.4) is 0 Å². The summed E-state index contributed by atoms with van der Waals surface area (Å²) in [5.41, 5.74) is 0.131. The van der Waals surface area contributed by atoms with E-state index in [1.54, 1.807) is 16.4 Å². The van der Waals surface area contributed by atoms with E-state index >= 15 is 0 Å². The molecule has 2 rings (SSSR count). The number of hydrogen-bond acceptors (Lipinski definition) is 3. The highest BCUT2D eigenvalue weighted by atomic mass is 32.2. The zero-order chi connectivity index (χ0) is 18.1. The molecule has 1 aromatic carbocycles. The van der Waals surface area contributed by atoms with Crippen LogP contribution in [0.5, 0.6) is 0 Å². The van der Waals surface area contributed by atoms with Crippen LogP contribution in [-0.4, -0.2) is 37.3 Å². The van der Waals surface area contributed by atoms with Crippen LogP contribution >= 0.6 is 0 Å². The summed E-state index contributed by atoms with van der Waals surface area (Å²) < 4.78 is 27.2. The van der Waals surface area contributed by atoms with Gasteiger partial charge in [0.25, 0.3) is 5.91 Å². The molecule has 1 amide bonds. The van der Waals surface area contributed by atoms with Gasteiger partial charge in [0.1, 0.15) is 0 Å². The Morgan fingerprint density at radius 1 is 1.08 bits per heavy atom. The number of nitrogens with zero attached hydrogens (tertiary/aromatic N) is 1. The van der Waals surface area contributed by atoms with Gasteiger partial charge in [-0.1, -0.05) is 13.8 Å². The van der Waals surface area contributed by atoms with E-state index in [0.29, 0.717) is 30.5 Å². The maximum atomic E-state index is 12.8. The summed E-state index contributed by atoms with van der Waals surface area (Å²) in [6.45, 7) is 11.0. The molecule has 5 nitrogen and oxygen atoms in total. The zero-order valence-electron chi connectivity index (χ0n) is 15.2. The lowest BCUT2D eigenvalue weighted by Gasteiger charge is -2.34. The van der Waals surface area contributed by atoms with Crippen molar-refractivity contribution in [1.29, 1.82) is 0 Å². The largest absolute Gasteiger partial charge is 0.347 e. The Labute approximate surface area is 145 Å². The standard InChI is InChI=1S/C18H28N2O3S/c1-13-10-14(2)12-20(11-13)24(22,23)16-8-6-15(7-9-16)17(21)19-18(3,4)5/h6-9,13-14H,10-12H2,1-5H3,(H,19,21)/t13-,14-/m0/s1. The topological polar surface area (TPSA) is 66.5 Å². The van der Waals surface area contributed by atoms with Crippen molar-refractivity contribution in [2.75, 3.05) is 13.1 Å². The summed E-state index contributed by atoms with van der Waals surface area (Å²) >= 11 is 0. The molecule has 1 aromatic rings. The quantitative estimate of drug-likeness (QED) is 0.909. The summed E-state index contributed by atoms with van der Waals surface area (Å²) in [7, 11) is -3.50. The smallest absolute Gasteiger partial charge is 0.251 e. The van der Waals surface area contributed by atoms with Crippen LogP contribution in [0.25, 0.3) is 0 Å². The van der Waals surface area contributed by atoms with E-state index in [0.717, 1.165) is 6.42 Å². The number of hydrogen-bond donors (Lipinski definition) is 1. The van der Waals surface area contributed by atoms with Crippen molar-refractivity contribution >= 4 is 15.9 Å². The van der Waals surface area contributed by atoms with Crippen molar-refractivity contribution in [3.63, 3.8) is 0 Å². The Bertz CT molecular complexity index is 680. The van der Waals surface area contributed by atoms with E-state index in [-0.39, 0.29) is 16.3 Å². The molecule has 0 saturated carbocycles. The lowest BCUT2D eigenvalue weighted by atomic mass is 9.94. The lowest BCUT2D eigenvalue weighted by molar-refractivity contribution is 0.0919. The van der Waals surface area contributed by atoms with E-state index < -0.39 is 10.0 Å². The van der Waals surface area contributed by atoms with Crippen LogP contribution in [-0.2, 0) is 10.0 Å². The zero-order valence-corrected chi connectivity index (χ0v) is 16.0. The highest BCUT2D eigenvalue weighted by molar-refractivity contribution is 7.89. The first-order valence-corrected chi connectivity index (χ1v) is 9.86. The molecular formula is C18H28N2O3S. The van der Waals surface area contributed by atoms with E-state index in [4.69, 9.17) is 0 Å². The average Bonchev–Trinajstić information content (AvgIpc) is 2.44. The molecule has 1 saturated heterocycles. The summed E-state index contributed by atoms with van der Waals surface area (Å²) in [4.78, 5) is 12.4. The number of sulfonamides is 1. The summed E-state index contributed by atoms with van der Waals surface area (Å²) in [5.74, 6) is 0.521. The van der Waals surface area contributed by atoms with Crippen molar-refractivity contribution in [2.24, 2.45) is 11.8 Å². The number of carbonyl (C=O) groups excluding carboxylic acids is 1. The first-order chi connectivity index (χ1) is 11.0. The second-order valence-corrected chi connectivity index (χ2v) is 9.93. The highest BCUT2D eigenvalue weighted by Gasteiger charge is 2.31. The Balaban J connectivity index is 2.19. The first-order valence-electron chi connectivity index (χ1n) is 8.42. The van der Waals surface area contributed by atoms with Crippen molar-refractivity contribution in [1.82, 2.24) is 9.62 Å². The van der Waals surface area contributed by atoms with Crippen LogP contribution in [0.1, 0.15) is 51.4 Å². The van der Waals surface area contributed by atoms with Gasteiger partial charge in [-0.3, -0.25) is 4.79 Å². The number of nitrogens with one attached hydrogen (secondary N) is 1. The van der Waals surface area contributed by atoms with E-state index in [2.05, 4.69) is 19.2 Å². The van der Waals surface area contributed by atoms with Gasteiger partial charge in [-0.2, -0.15) is 4.31 Å². The fourth-order valence-corrected chi connectivity index (χ4v) is 4.82. The molecule has 24 heavy (non-hydrogen) atoms. The van der Waals surface area contributed by atoms with Crippen LogP contribution in [0, 0.1) is 11.8 Å². The minimum absolute atomic E-state index is 0.202. The lowest BCUT2D eigenvalue weighted by Crippen LogP contribution is -2.42. The van der Waals surface area contributed by atoms with Gasteiger partial charge in [0, 0.05) is 24.2 Å². The Morgan fingerprint density at radius 3 is 2.04 bits per heavy atom. The second-order valence-electron chi connectivity index (χ2n) is 8.00. The summed E-state index contributed by atoms with van der Waals surface area (Å²) in [6, 6.07) is 6.20. The number of amides is 1. The van der Waals surface area contributed by atoms with Crippen LogP contribution in [0.2, 0.25) is 0 Å². The fraction of sp³-hybridized carbons (Fsp3) is 0.611. The summed E-state index contributed by atoms with van der Waals surface area (Å²) in [6.07, 6.45) is 1.05. The molecule has 1 heterocycles. The number of carbonyl (C=O) groups is 1. The third kappa shape index (κ3) is 4.57. The van der Waals surface area contributed by atoms with E-state index in [9.17, 15) is 13.2 Å². The predicted molar refractivity (Wildman–Crippen MR) is 95.4 cm³/mol. The molecular weight excluding hydrogens is 324 g/mol. The molecule has 0 aliphatic carbocycles.